The molecule has 5 nitrogen and oxygen atoms in total. The second-order valence-electron chi connectivity index (χ2n) is 9.52. The maximum absolute atomic E-state index is 14.1. The minimum Gasteiger partial charge on any atom is -0.309 e. The Hall–Kier alpha value is -2.80. The zero-order valence-corrected chi connectivity index (χ0v) is 19.3. The molecule has 176 valence electrons. The first-order chi connectivity index (χ1) is 15.8. The van der Waals surface area contributed by atoms with Gasteiger partial charge in [-0.25, -0.2) is 13.6 Å². The van der Waals surface area contributed by atoms with Gasteiger partial charge in [0.05, 0.1) is 0 Å². The van der Waals surface area contributed by atoms with Crippen LogP contribution >= 0.6 is 0 Å². The van der Waals surface area contributed by atoms with Gasteiger partial charge in [0.25, 0.3) is 5.91 Å². The van der Waals surface area contributed by atoms with Crippen LogP contribution < -0.4 is 0 Å². The van der Waals surface area contributed by atoms with Crippen LogP contribution in [0.1, 0.15) is 37.8 Å². The van der Waals surface area contributed by atoms with Crippen molar-refractivity contribution < 1.29 is 18.4 Å². The Balaban J connectivity index is 1.51. The van der Waals surface area contributed by atoms with Crippen LogP contribution in [0.25, 0.3) is 0 Å². The van der Waals surface area contributed by atoms with Gasteiger partial charge >= 0.3 is 6.03 Å². The molecule has 2 saturated heterocycles. The van der Waals surface area contributed by atoms with Gasteiger partial charge in [-0.05, 0) is 48.9 Å². The van der Waals surface area contributed by atoms with E-state index in [1.54, 1.807) is 4.90 Å². The molecule has 0 unspecified atom stereocenters. The molecular formula is C26H31F2N3O2. The van der Waals surface area contributed by atoms with Crippen molar-refractivity contribution in [1.82, 2.24) is 14.7 Å². The summed E-state index contributed by atoms with van der Waals surface area (Å²) < 4.78 is 27.7. The Bertz CT molecular complexity index is 1000. The fraction of sp³-hybridized carbons (Fsp3) is 0.462. The lowest BCUT2D eigenvalue weighted by Crippen LogP contribution is -2.56. The van der Waals surface area contributed by atoms with Crippen molar-refractivity contribution in [2.45, 2.75) is 45.2 Å². The summed E-state index contributed by atoms with van der Waals surface area (Å²) in [6, 6.07) is 13.2. The monoisotopic (exact) mass is 455 g/mol. The van der Waals surface area contributed by atoms with Gasteiger partial charge in [-0.2, -0.15) is 0 Å². The van der Waals surface area contributed by atoms with Crippen molar-refractivity contribution in [3.05, 3.63) is 71.3 Å². The van der Waals surface area contributed by atoms with Crippen LogP contribution in [0, 0.1) is 17.6 Å². The molecule has 33 heavy (non-hydrogen) atoms. The summed E-state index contributed by atoms with van der Waals surface area (Å²) in [4.78, 5) is 32.1. The van der Waals surface area contributed by atoms with Crippen LogP contribution in [0.5, 0.6) is 0 Å². The molecule has 1 spiro atoms. The lowest BCUT2D eigenvalue weighted by Gasteiger charge is -2.42. The Morgan fingerprint density at radius 3 is 2.36 bits per heavy atom. The number of halogens is 2. The average molecular weight is 456 g/mol. The fourth-order valence-corrected chi connectivity index (χ4v) is 4.97. The molecule has 0 bridgehead atoms. The van der Waals surface area contributed by atoms with Gasteiger partial charge in [0, 0.05) is 38.3 Å². The molecule has 2 fully saturated rings. The predicted molar refractivity (Wildman–Crippen MR) is 122 cm³/mol. The number of likely N-dealkylation sites (tertiary alicyclic amines) is 1. The average Bonchev–Trinajstić information content (AvgIpc) is 2.98. The zero-order chi connectivity index (χ0) is 23.6. The molecule has 0 N–H and O–H groups in total. The Kier molecular flexibility index (Phi) is 6.79. The van der Waals surface area contributed by atoms with Crippen molar-refractivity contribution in [3.8, 4) is 0 Å². The highest BCUT2D eigenvalue weighted by Gasteiger charge is 2.57. The van der Waals surface area contributed by atoms with Crippen LogP contribution in [-0.4, -0.2) is 58.4 Å². The van der Waals surface area contributed by atoms with Gasteiger partial charge in [0.1, 0.15) is 17.2 Å². The molecular weight excluding hydrogens is 424 g/mol. The Labute approximate surface area is 194 Å². The predicted octanol–water partition coefficient (Wildman–Crippen LogP) is 4.46. The second-order valence-corrected chi connectivity index (χ2v) is 9.52. The number of hydrogen-bond donors (Lipinski definition) is 0. The number of rotatable bonds is 7. The van der Waals surface area contributed by atoms with Gasteiger partial charge in [0.15, 0.2) is 0 Å². The molecule has 0 radical (unpaired) electrons. The van der Waals surface area contributed by atoms with E-state index in [9.17, 15) is 18.4 Å². The lowest BCUT2D eigenvalue weighted by atomic mass is 9.85. The molecule has 4 rings (SSSR count). The highest BCUT2D eigenvalue weighted by Crippen LogP contribution is 2.38. The molecule has 2 aliphatic rings. The normalized spacial score (nSPS) is 18.7. The van der Waals surface area contributed by atoms with Crippen molar-refractivity contribution in [2.24, 2.45) is 5.92 Å². The largest absolute Gasteiger partial charge is 0.327 e. The van der Waals surface area contributed by atoms with Crippen molar-refractivity contribution >= 4 is 11.9 Å². The van der Waals surface area contributed by atoms with Crippen LogP contribution in [0.2, 0.25) is 0 Å². The molecule has 0 atom stereocenters. The first-order valence-corrected chi connectivity index (χ1v) is 11.6. The first-order valence-electron chi connectivity index (χ1n) is 11.6. The van der Waals surface area contributed by atoms with Gasteiger partial charge < -0.3 is 4.90 Å². The van der Waals surface area contributed by atoms with Crippen molar-refractivity contribution in [2.75, 3.05) is 26.2 Å². The van der Waals surface area contributed by atoms with E-state index in [0.29, 0.717) is 51.0 Å². The van der Waals surface area contributed by atoms with Gasteiger partial charge in [0.2, 0.25) is 0 Å². The van der Waals surface area contributed by atoms with Crippen molar-refractivity contribution in [3.63, 3.8) is 0 Å². The van der Waals surface area contributed by atoms with Gasteiger partial charge in [-0.3, -0.25) is 14.6 Å². The number of imide groups is 1. The first kappa shape index (κ1) is 23.4. The highest BCUT2D eigenvalue weighted by atomic mass is 19.1. The SMILES string of the molecule is CC(C)CN1C(=O)N(CCc2ccccc2)C2(CCN(Cc3cc(F)ccc3F)CC2)C1=O. The summed E-state index contributed by atoms with van der Waals surface area (Å²) in [6.07, 6.45) is 1.64. The number of piperidine rings is 1. The highest BCUT2D eigenvalue weighted by molar-refractivity contribution is 6.07. The van der Waals surface area contributed by atoms with E-state index in [1.807, 2.05) is 49.1 Å². The molecule has 0 aliphatic carbocycles. The summed E-state index contributed by atoms with van der Waals surface area (Å²) in [6.45, 7) is 6.22. The third kappa shape index (κ3) is 4.78. The van der Waals surface area contributed by atoms with E-state index in [0.717, 1.165) is 17.7 Å². The molecule has 2 aromatic carbocycles. The summed E-state index contributed by atoms with van der Waals surface area (Å²) in [5, 5.41) is 0. The van der Waals surface area contributed by atoms with E-state index in [4.69, 9.17) is 0 Å². The summed E-state index contributed by atoms with van der Waals surface area (Å²) >= 11 is 0. The van der Waals surface area contributed by atoms with Crippen molar-refractivity contribution in [1.29, 1.82) is 0 Å². The third-order valence-electron chi connectivity index (χ3n) is 6.72. The van der Waals surface area contributed by atoms with E-state index in [1.165, 1.54) is 11.0 Å². The Morgan fingerprint density at radius 1 is 1.00 bits per heavy atom. The van der Waals surface area contributed by atoms with Crippen LogP contribution in [0.15, 0.2) is 48.5 Å². The minimum absolute atomic E-state index is 0.120. The number of amides is 3. The van der Waals surface area contributed by atoms with Crippen LogP contribution in [0.3, 0.4) is 0 Å². The number of benzene rings is 2. The van der Waals surface area contributed by atoms with E-state index >= 15 is 0 Å². The third-order valence-corrected chi connectivity index (χ3v) is 6.72. The zero-order valence-electron chi connectivity index (χ0n) is 19.3. The van der Waals surface area contributed by atoms with Crippen LogP contribution in [-0.2, 0) is 17.8 Å². The summed E-state index contributed by atoms with van der Waals surface area (Å²) in [7, 11) is 0. The molecule has 0 saturated carbocycles. The lowest BCUT2D eigenvalue weighted by molar-refractivity contribution is -0.136. The number of urea groups is 1. The summed E-state index contributed by atoms with van der Waals surface area (Å²) in [5.74, 6) is -0.838. The topological polar surface area (TPSA) is 43.9 Å². The number of hydrogen-bond acceptors (Lipinski definition) is 3. The molecule has 3 amide bonds. The van der Waals surface area contributed by atoms with Gasteiger partial charge in [-0.15, -0.1) is 0 Å². The van der Waals surface area contributed by atoms with E-state index in [2.05, 4.69) is 0 Å². The number of nitrogens with zero attached hydrogens (tertiary/aromatic N) is 3. The van der Waals surface area contributed by atoms with Crippen LogP contribution in [0.4, 0.5) is 13.6 Å². The number of carbonyl (C=O) groups excluding carboxylic acids is 2. The molecule has 2 heterocycles. The fourth-order valence-electron chi connectivity index (χ4n) is 4.97. The van der Waals surface area contributed by atoms with E-state index < -0.39 is 17.2 Å². The molecule has 7 heteroatoms. The smallest absolute Gasteiger partial charge is 0.309 e. The molecule has 0 aromatic heterocycles. The maximum Gasteiger partial charge on any atom is 0.327 e. The Morgan fingerprint density at radius 2 is 1.70 bits per heavy atom. The maximum atomic E-state index is 14.1. The number of carbonyl (C=O) groups is 2. The second kappa shape index (κ2) is 9.59. The molecule has 2 aromatic rings. The quantitative estimate of drug-likeness (QED) is 0.579. The van der Waals surface area contributed by atoms with Gasteiger partial charge in [-0.1, -0.05) is 44.2 Å². The standard InChI is InChI=1S/C26H31F2N3O2/c1-19(2)17-30-24(32)26(31(25(30)33)13-10-20-6-4-3-5-7-20)11-14-29(15-12-26)18-21-16-22(27)8-9-23(21)28/h3-9,16,19H,10-15,17-18H2,1-2H3. The van der Waals surface area contributed by atoms with E-state index in [-0.39, 0.29) is 24.4 Å². The molecule has 2 aliphatic heterocycles. The minimum atomic E-state index is -0.863. The summed E-state index contributed by atoms with van der Waals surface area (Å²) in [5.41, 5.74) is 0.564.